The molecule has 0 spiro atoms. The Hall–Kier alpha value is -1.08. The van der Waals surface area contributed by atoms with Crippen LogP contribution in [0.4, 0.5) is 13.2 Å². The minimum absolute atomic E-state index is 0.504. The number of imidazole rings is 1. The zero-order valence-electron chi connectivity index (χ0n) is 11.7. The summed E-state index contributed by atoms with van der Waals surface area (Å²) in [6.07, 6.45) is 0.652. The van der Waals surface area contributed by atoms with E-state index in [1.165, 1.54) is 4.90 Å². The second kappa shape index (κ2) is 6.58. The predicted octanol–water partition coefficient (Wildman–Crippen LogP) is 1.76. The van der Waals surface area contributed by atoms with Gasteiger partial charge in [0.2, 0.25) is 0 Å². The molecule has 114 valence electrons. The average molecular weight is 290 g/mol. The summed E-state index contributed by atoms with van der Waals surface area (Å²) in [6, 6.07) is 0. The van der Waals surface area contributed by atoms with Crippen LogP contribution >= 0.6 is 0 Å². The highest BCUT2D eigenvalue weighted by Gasteiger charge is 2.31. The summed E-state index contributed by atoms with van der Waals surface area (Å²) in [7, 11) is 0. The molecule has 0 saturated carbocycles. The highest BCUT2D eigenvalue weighted by Crippen LogP contribution is 2.17. The average Bonchev–Trinajstić information content (AvgIpc) is 2.76. The van der Waals surface area contributed by atoms with Crippen molar-refractivity contribution in [1.29, 1.82) is 0 Å². The van der Waals surface area contributed by atoms with Crippen molar-refractivity contribution in [2.24, 2.45) is 0 Å². The lowest BCUT2D eigenvalue weighted by molar-refractivity contribution is -0.149. The molecule has 1 fully saturated rings. The molecule has 4 nitrogen and oxygen atoms in total. The molecule has 7 heteroatoms. The topological polar surface area (TPSA) is 24.3 Å². The third-order valence-corrected chi connectivity index (χ3v) is 3.66. The van der Waals surface area contributed by atoms with Gasteiger partial charge in [-0.15, -0.1) is 0 Å². The smallest absolute Gasteiger partial charge is 0.335 e. The van der Waals surface area contributed by atoms with Crippen LogP contribution in [0.15, 0.2) is 12.4 Å². The maximum absolute atomic E-state index is 12.3. The van der Waals surface area contributed by atoms with E-state index in [0.29, 0.717) is 13.1 Å². The lowest BCUT2D eigenvalue weighted by Gasteiger charge is -2.34. The van der Waals surface area contributed by atoms with Gasteiger partial charge < -0.3 is 9.47 Å². The second-order valence-corrected chi connectivity index (χ2v) is 5.25. The Labute approximate surface area is 117 Å². The zero-order chi connectivity index (χ0) is 14.6. The lowest BCUT2D eigenvalue weighted by atomic mass is 10.3. The molecule has 2 rings (SSSR count). The molecule has 0 unspecified atom stereocenters. The van der Waals surface area contributed by atoms with Crippen LogP contribution in [0.25, 0.3) is 0 Å². The summed E-state index contributed by atoms with van der Waals surface area (Å²) in [6.45, 7) is 5.47. The Kier molecular flexibility index (Phi) is 5.04. The number of halogens is 3. The Morgan fingerprint density at radius 1 is 1.10 bits per heavy atom. The number of aryl methyl sites for hydroxylation is 2. The van der Waals surface area contributed by atoms with Gasteiger partial charge in [-0.2, -0.15) is 13.2 Å². The molecule has 1 aliphatic heterocycles. The largest absolute Gasteiger partial charge is 0.401 e. The van der Waals surface area contributed by atoms with Crippen LogP contribution in [0.2, 0.25) is 0 Å². The first-order valence-electron chi connectivity index (χ1n) is 6.93. The highest BCUT2D eigenvalue weighted by atomic mass is 19.4. The Bertz CT molecular complexity index is 408. The quantitative estimate of drug-likeness (QED) is 0.826. The van der Waals surface area contributed by atoms with Gasteiger partial charge in [0.25, 0.3) is 0 Å². The summed E-state index contributed by atoms with van der Waals surface area (Å²) in [5.74, 6) is 1.000. The predicted molar refractivity (Wildman–Crippen MR) is 70.5 cm³/mol. The van der Waals surface area contributed by atoms with E-state index in [-0.39, 0.29) is 0 Å². The molecule has 1 aliphatic rings. The molecular formula is C13H21F3N4. The number of nitrogens with zero attached hydrogens (tertiary/aromatic N) is 4. The number of rotatable bonds is 5. The van der Waals surface area contributed by atoms with Crippen LogP contribution in [0, 0.1) is 6.92 Å². The molecule has 0 atom stereocenters. The molecule has 1 aromatic rings. The second-order valence-electron chi connectivity index (χ2n) is 5.25. The molecule has 0 aromatic carbocycles. The SMILES string of the molecule is Cc1nccn1CCCN1CCN(CC(F)(F)F)CC1. The van der Waals surface area contributed by atoms with E-state index in [1.54, 1.807) is 6.20 Å². The van der Waals surface area contributed by atoms with Crippen LogP contribution in [0.1, 0.15) is 12.2 Å². The fourth-order valence-corrected chi connectivity index (χ4v) is 2.53. The number of hydrogen-bond acceptors (Lipinski definition) is 3. The van der Waals surface area contributed by atoms with Crippen LogP contribution in [0.3, 0.4) is 0 Å². The molecule has 0 amide bonds. The standard InChI is InChI=1S/C13H21F3N4/c1-12-17-3-6-20(12)5-2-4-18-7-9-19(10-8-18)11-13(14,15)16/h3,6H,2,4-5,7-11H2,1H3. The fraction of sp³-hybridized carbons (Fsp3) is 0.769. The Morgan fingerprint density at radius 2 is 1.75 bits per heavy atom. The van der Waals surface area contributed by atoms with Gasteiger partial charge in [0.15, 0.2) is 0 Å². The number of alkyl halides is 3. The Morgan fingerprint density at radius 3 is 2.30 bits per heavy atom. The summed E-state index contributed by atoms with van der Waals surface area (Å²) in [5.41, 5.74) is 0. The molecule has 0 aliphatic carbocycles. The lowest BCUT2D eigenvalue weighted by Crippen LogP contribution is -2.49. The zero-order valence-corrected chi connectivity index (χ0v) is 11.7. The van der Waals surface area contributed by atoms with E-state index >= 15 is 0 Å². The van der Waals surface area contributed by atoms with Gasteiger partial charge in [0.1, 0.15) is 5.82 Å². The van der Waals surface area contributed by atoms with Gasteiger partial charge in [-0.25, -0.2) is 4.98 Å². The van der Waals surface area contributed by atoms with Gasteiger partial charge in [0, 0.05) is 45.1 Å². The van der Waals surface area contributed by atoms with Gasteiger partial charge in [-0.3, -0.25) is 4.90 Å². The minimum atomic E-state index is -4.08. The van der Waals surface area contributed by atoms with Gasteiger partial charge in [-0.1, -0.05) is 0 Å². The van der Waals surface area contributed by atoms with Crippen molar-refractivity contribution in [3.05, 3.63) is 18.2 Å². The molecule has 0 bridgehead atoms. The van der Waals surface area contributed by atoms with Crippen LogP contribution < -0.4 is 0 Å². The van der Waals surface area contributed by atoms with Crippen molar-refractivity contribution in [3.8, 4) is 0 Å². The molecule has 20 heavy (non-hydrogen) atoms. The minimum Gasteiger partial charge on any atom is -0.335 e. The molecular weight excluding hydrogens is 269 g/mol. The Balaban J connectivity index is 1.64. The third-order valence-electron chi connectivity index (χ3n) is 3.66. The van der Waals surface area contributed by atoms with Crippen molar-refractivity contribution in [2.45, 2.75) is 26.1 Å². The van der Waals surface area contributed by atoms with Gasteiger partial charge in [0.05, 0.1) is 6.54 Å². The van der Waals surface area contributed by atoms with Crippen molar-refractivity contribution < 1.29 is 13.2 Å². The van der Waals surface area contributed by atoms with Crippen molar-refractivity contribution >= 4 is 0 Å². The van der Waals surface area contributed by atoms with E-state index in [2.05, 4.69) is 14.5 Å². The number of hydrogen-bond donors (Lipinski definition) is 0. The molecule has 1 saturated heterocycles. The molecule has 1 aromatic heterocycles. The van der Waals surface area contributed by atoms with E-state index in [0.717, 1.165) is 38.4 Å². The van der Waals surface area contributed by atoms with Crippen molar-refractivity contribution in [2.75, 3.05) is 39.3 Å². The summed E-state index contributed by atoms with van der Waals surface area (Å²) >= 11 is 0. The molecule has 0 N–H and O–H groups in total. The van der Waals surface area contributed by atoms with Crippen LogP contribution in [-0.4, -0.2) is 64.8 Å². The molecule has 0 radical (unpaired) electrons. The molecule has 2 heterocycles. The van der Waals surface area contributed by atoms with Crippen LogP contribution in [0.5, 0.6) is 0 Å². The van der Waals surface area contributed by atoms with E-state index in [9.17, 15) is 13.2 Å². The van der Waals surface area contributed by atoms with Gasteiger partial charge >= 0.3 is 6.18 Å². The monoisotopic (exact) mass is 290 g/mol. The first-order chi connectivity index (χ1) is 9.44. The van der Waals surface area contributed by atoms with E-state index in [1.807, 2.05) is 13.1 Å². The van der Waals surface area contributed by atoms with E-state index in [4.69, 9.17) is 0 Å². The van der Waals surface area contributed by atoms with Gasteiger partial charge in [-0.05, 0) is 19.9 Å². The van der Waals surface area contributed by atoms with E-state index < -0.39 is 12.7 Å². The third kappa shape index (κ3) is 4.79. The number of aromatic nitrogens is 2. The number of piperazine rings is 1. The summed E-state index contributed by atoms with van der Waals surface area (Å²) in [4.78, 5) is 7.88. The maximum atomic E-state index is 12.3. The summed E-state index contributed by atoms with van der Waals surface area (Å²) in [5, 5.41) is 0. The first-order valence-corrected chi connectivity index (χ1v) is 6.93. The fourth-order valence-electron chi connectivity index (χ4n) is 2.53. The van der Waals surface area contributed by atoms with Crippen LogP contribution in [-0.2, 0) is 6.54 Å². The normalized spacial score (nSPS) is 18.6. The van der Waals surface area contributed by atoms with Crippen molar-refractivity contribution in [3.63, 3.8) is 0 Å². The highest BCUT2D eigenvalue weighted by molar-refractivity contribution is 4.88. The van der Waals surface area contributed by atoms with Crippen molar-refractivity contribution in [1.82, 2.24) is 19.4 Å². The summed E-state index contributed by atoms with van der Waals surface area (Å²) < 4.78 is 38.9. The maximum Gasteiger partial charge on any atom is 0.401 e. The first kappa shape index (κ1) is 15.3.